The number of hydrogen-bond acceptors (Lipinski definition) is 5. The quantitative estimate of drug-likeness (QED) is 0.534. The third kappa shape index (κ3) is 5.38. The Morgan fingerprint density at radius 3 is 2.61 bits per heavy atom. The topological polar surface area (TPSA) is 60.5 Å². The van der Waals surface area contributed by atoms with Crippen molar-refractivity contribution in [2.45, 2.75) is 19.4 Å². The van der Waals surface area contributed by atoms with Crippen LogP contribution in [0.1, 0.15) is 17.4 Å². The Morgan fingerprint density at radius 2 is 1.89 bits per heavy atom. The first-order chi connectivity index (χ1) is 13.4. The van der Waals surface area contributed by atoms with Gasteiger partial charge in [-0.15, -0.1) is 11.3 Å². The van der Waals surface area contributed by atoms with Crippen LogP contribution in [-0.4, -0.2) is 24.1 Å². The molecule has 1 atom stereocenters. The van der Waals surface area contributed by atoms with E-state index in [1.54, 1.807) is 56.6 Å². The fraction of sp³-hybridized carbons (Fsp3) is 0.200. The zero-order chi connectivity index (χ0) is 20.1. The molecule has 1 heterocycles. The molecule has 0 radical (unpaired) electrons. The Kier molecular flexibility index (Phi) is 6.78. The lowest BCUT2D eigenvalue weighted by Gasteiger charge is -2.13. The molecule has 146 valence electrons. The van der Waals surface area contributed by atoms with Crippen LogP contribution in [0.3, 0.4) is 0 Å². The molecule has 0 aliphatic carbocycles. The van der Waals surface area contributed by atoms with Gasteiger partial charge in [0.05, 0.1) is 7.11 Å². The Labute approximate surface area is 177 Å². The van der Waals surface area contributed by atoms with Gasteiger partial charge in [0.25, 0.3) is 5.91 Å². The average Bonchev–Trinajstić information content (AvgIpc) is 3.12. The molecule has 0 saturated heterocycles. The van der Waals surface area contributed by atoms with E-state index in [0.29, 0.717) is 27.3 Å². The van der Waals surface area contributed by atoms with E-state index in [1.165, 1.54) is 11.3 Å². The molecule has 0 fully saturated rings. The van der Waals surface area contributed by atoms with E-state index < -0.39 is 6.10 Å². The number of nitrogens with one attached hydrogen (secondary N) is 1. The van der Waals surface area contributed by atoms with Crippen molar-refractivity contribution in [2.24, 2.45) is 0 Å². The van der Waals surface area contributed by atoms with E-state index in [0.717, 1.165) is 16.2 Å². The SMILES string of the molecule is COc1ccc(OC(C)C(=O)Nc2ncc(Cc3cc(Cl)ccc3Cl)s2)cc1. The van der Waals surface area contributed by atoms with Crippen molar-refractivity contribution in [3.8, 4) is 11.5 Å². The molecule has 1 N–H and O–H groups in total. The molecule has 2 aromatic carbocycles. The van der Waals surface area contributed by atoms with Gasteiger partial charge in [0.1, 0.15) is 11.5 Å². The summed E-state index contributed by atoms with van der Waals surface area (Å²) in [4.78, 5) is 17.6. The van der Waals surface area contributed by atoms with Gasteiger partial charge in [-0.2, -0.15) is 0 Å². The van der Waals surface area contributed by atoms with E-state index in [1.807, 2.05) is 6.07 Å². The van der Waals surface area contributed by atoms with Gasteiger partial charge >= 0.3 is 0 Å². The Morgan fingerprint density at radius 1 is 1.18 bits per heavy atom. The fourth-order valence-electron chi connectivity index (χ4n) is 2.43. The van der Waals surface area contributed by atoms with Crippen LogP contribution in [0, 0.1) is 0 Å². The second-order valence-electron chi connectivity index (χ2n) is 5.97. The molecular weight excluding hydrogens is 419 g/mol. The summed E-state index contributed by atoms with van der Waals surface area (Å²) in [7, 11) is 1.59. The molecule has 5 nitrogen and oxygen atoms in total. The van der Waals surface area contributed by atoms with Crippen molar-refractivity contribution in [2.75, 3.05) is 12.4 Å². The molecule has 8 heteroatoms. The summed E-state index contributed by atoms with van der Waals surface area (Å²) in [5.74, 6) is 1.02. The molecule has 0 saturated carbocycles. The van der Waals surface area contributed by atoms with E-state index in [-0.39, 0.29) is 5.91 Å². The summed E-state index contributed by atoms with van der Waals surface area (Å²) in [5, 5.41) is 4.55. The number of aromatic nitrogens is 1. The normalized spacial score (nSPS) is 11.7. The van der Waals surface area contributed by atoms with E-state index in [2.05, 4.69) is 10.3 Å². The molecule has 0 aliphatic heterocycles. The first kappa shape index (κ1) is 20.5. The number of halogens is 2. The standard InChI is InChI=1S/C20H18Cl2N2O3S/c1-12(27-16-6-4-15(26-2)5-7-16)19(25)24-20-23-11-17(28-20)10-13-9-14(21)3-8-18(13)22/h3-9,11-12H,10H2,1-2H3,(H,23,24,25). The van der Waals surface area contributed by atoms with E-state index in [9.17, 15) is 4.79 Å². The summed E-state index contributed by atoms with van der Waals surface area (Å²) >= 11 is 13.6. The molecular formula is C20H18Cl2N2O3S. The van der Waals surface area contributed by atoms with Crippen molar-refractivity contribution >= 4 is 45.6 Å². The van der Waals surface area contributed by atoms with E-state index >= 15 is 0 Å². The lowest BCUT2D eigenvalue weighted by Crippen LogP contribution is -2.30. The third-order valence-corrected chi connectivity index (χ3v) is 5.41. The largest absolute Gasteiger partial charge is 0.497 e. The number of nitrogens with zero attached hydrogens (tertiary/aromatic N) is 1. The predicted octanol–water partition coefficient (Wildman–Crippen LogP) is 5.46. The minimum absolute atomic E-state index is 0.280. The van der Waals surface area contributed by atoms with Gasteiger partial charge in [-0.25, -0.2) is 4.98 Å². The van der Waals surface area contributed by atoms with Crippen LogP contribution < -0.4 is 14.8 Å². The molecule has 0 spiro atoms. The van der Waals surface area contributed by atoms with Gasteiger partial charge in [-0.1, -0.05) is 23.2 Å². The lowest BCUT2D eigenvalue weighted by molar-refractivity contribution is -0.122. The predicted molar refractivity (Wildman–Crippen MR) is 113 cm³/mol. The molecule has 0 bridgehead atoms. The Hall–Kier alpha value is -2.28. The van der Waals surface area contributed by atoms with E-state index in [4.69, 9.17) is 32.7 Å². The summed E-state index contributed by atoms with van der Waals surface area (Å²) < 4.78 is 10.8. The van der Waals surface area contributed by atoms with Crippen LogP contribution in [0.5, 0.6) is 11.5 Å². The second kappa shape index (κ2) is 9.28. The minimum Gasteiger partial charge on any atom is -0.497 e. The molecule has 3 rings (SSSR count). The van der Waals surface area contributed by atoms with Crippen LogP contribution >= 0.6 is 34.5 Å². The fourth-order valence-corrected chi connectivity index (χ4v) is 3.65. The summed E-state index contributed by atoms with van der Waals surface area (Å²) in [6, 6.07) is 12.4. The second-order valence-corrected chi connectivity index (χ2v) is 7.93. The molecule has 0 aliphatic rings. The van der Waals surface area contributed by atoms with Gasteiger partial charge in [0.2, 0.25) is 0 Å². The van der Waals surface area contributed by atoms with Crippen molar-refractivity contribution in [1.82, 2.24) is 4.98 Å². The van der Waals surface area contributed by atoms with Gasteiger partial charge in [0, 0.05) is 27.5 Å². The van der Waals surface area contributed by atoms with Gasteiger partial charge < -0.3 is 9.47 Å². The number of thiazole rings is 1. The molecule has 1 aromatic heterocycles. The van der Waals surface area contributed by atoms with Gasteiger partial charge in [-0.3, -0.25) is 10.1 Å². The molecule has 1 unspecified atom stereocenters. The average molecular weight is 437 g/mol. The first-order valence-electron chi connectivity index (χ1n) is 8.45. The highest BCUT2D eigenvalue weighted by atomic mass is 35.5. The zero-order valence-electron chi connectivity index (χ0n) is 15.2. The van der Waals surface area contributed by atoms with Crippen LogP contribution in [0.4, 0.5) is 5.13 Å². The number of methoxy groups -OCH3 is 1. The third-order valence-electron chi connectivity index (χ3n) is 3.90. The highest BCUT2D eigenvalue weighted by molar-refractivity contribution is 7.15. The van der Waals surface area contributed by atoms with Crippen LogP contribution in [0.2, 0.25) is 10.0 Å². The van der Waals surface area contributed by atoms with Crippen LogP contribution in [0.15, 0.2) is 48.7 Å². The van der Waals surface area contributed by atoms with Crippen molar-refractivity contribution in [3.63, 3.8) is 0 Å². The van der Waals surface area contributed by atoms with Gasteiger partial charge in [0.15, 0.2) is 11.2 Å². The number of carbonyl (C=O) groups is 1. The minimum atomic E-state index is -0.678. The summed E-state index contributed by atoms with van der Waals surface area (Å²) in [6.07, 6.45) is 1.63. The number of carbonyl (C=O) groups excluding carboxylic acids is 1. The number of rotatable bonds is 7. The summed E-state index contributed by atoms with van der Waals surface area (Å²) in [5.41, 5.74) is 0.909. The number of hydrogen-bond donors (Lipinski definition) is 1. The van der Waals surface area contributed by atoms with Crippen molar-refractivity contribution in [1.29, 1.82) is 0 Å². The highest BCUT2D eigenvalue weighted by Crippen LogP contribution is 2.27. The highest BCUT2D eigenvalue weighted by Gasteiger charge is 2.17. The number of benzene rings is 2. The van der Waals surface area contributed by atoms with Crippen LogP contribution in [-0.2, 0) is 11.2 Å². The molecule has 3 aromatic rings. The lowest BCUT2D eigenvalue weighted by atomic mass is 10.1. The maximum Gasteiger partial charge on any atom is 0.266 e. The van der Waals surface area contributed by atoms with Gasteiger partial charge in [-0.05, 0) is 55.0 Å². The monoisotopic (exact) mass is 436 g/mol. The number of anilines is 1. The van der Waals surface area contributed by atoms with Crippen molar-refractivity contribution < 1.29 is 14.3 Å². The van der Waals surface area contributed by atoms with Crippen LogP contribution in [0.25, 0.3) is 0 Å². The molecule has 1 amide bonds. The Balaban J connectivity index is 1.58. The van der Waals surface area contributed by atoms with Crippen molar-refractivity contribution in [3.05, 3.63) is 69.1 Å². The smallest absolute Gasteiger partial charge is 0.266 e. The first-order valence-corrected chi connectivity index (χ1v) is 10.0. The zero-order valence-corrected chi connectivity index (χ0v) is 17.6. The number of amides is 1. The molecule has 28 heavy (non-hydrogen) atoms. The Bertz CT molecular complexity index is 960. The maximum atomic E-state index is 12.4. The number of ether oxygens (including phenoxy) is 2. The maximum absolute atomic E-state index is 12.4. The summed E-state index contributed by atoms with van der Waals surface area (Å²) in [6.45, 7) is 1.68.